The highest BCUT2D eigenvalue weighted by atomic mass is 35.5. The van der Waals surface area contributed by atoms with Gasteiger partial charge in [-0.1, -0.05) is 13.8 Å². The number of carbonyl (C=O) groups excluding carboxylic acids is 1. The van der Waals surface area contributed by atoms with Crippen molar-refractivity contribution in [2.75, 3.05) is 27.9 Å². The molecule has 1 atom stereocenters. The highest BCUT2D eigenvalue weighted by molar-refractivity contribution is 5.85. The van der Waals surface area contributed by atoms with Gasteiger partial charge in [-0.05, 0) is 0 Å². The van der Waals surface area contributed by atoms with Crippen LogP contribution >= 0.6 is 12.4 Å². The summed E-state index contributed by atoms with van der Waals surface area (Å²) in [6, 6.07) is 3.26. The average Bonchev–Trinajstić information content (AvgIpc) is 2.48. The molecule has 1 saturated heterocycles. The van der Waals surface area contributed by atoms with E-state index in [-0.39, 0.29) is 23.9 Å². The van der Waals surface area contributed by atoms with Gasteiger partial charge < -0.3 is 24.3 Å². The Morgan fingerprint density at radius 2 is 1.68 bits per heavy atom. The minimum absolute atomic E-state index is 0. The van der Waals surface area contributed by atoms with E-state index in [1.54, 1.807) is 33.5 Å². The second-order valence-corrected chi connectivity index (χ2v) is 5.59. The maximum Gasteiger partial charge on any atom is 0.407 e. The van der Waals surface area contributed by atoms with E-state index in [1.807, 2.05) is 13.8 Å². The topological polar surface area (TPSA) is 66.0 Å². The molecule has 2 rings (SSSR count). The zero-order chi connectivity index (χ0) is 15.6. The standard InChI is InChI=1S/C15H21NO5.ClH/c1-15(2)8-21-14(17)16-13(15)12-10(19-4)6-9(18-3)7-11(12)20-5;/h6-7,13H,8H2,1-5H3,(H,16,17);1H/t13-;/m1./s1. The molecule has 1 fully saturated rings. The molecule has 0 radical (unpaired) electrons. The van der Waals surface area contributed by atoms with Crippen LogP contribution in [0.2, 0.25) is 0 Å². The van der Waals surface area contributed by atoms with Gasteiger partial charge in [0, 0.05) is 17.5 Å². The van der Waals surface area contributed by atoms with Crippen LogP contribution in [-0.4, -0.2) is 34.0 Å². The summed E-state index contributed by atoms with van der Waals surface area (Å²) >= 11 is 0. The quantitative estimate of drug-likeness (QED) is 0.918. The zero-order valence-corrected chi connectivity index (χ0v) is 14.2. The minimum atomic E-state index is -0.445. The minimum Gasteiger partial charge on any atom is -0.496 e. The summed E-state index contributed by atoms with van der Waals surface area (Å²) in [6.07, 6.45) is -0.445. The molecule has 0 bridgehead atoms. The number of hydrogen-bond donors (Lipinski definition) is 1. The van der Waals surface area contributed by atoms with E-state index >= 15 is 0 Å². The Kier molecular flexibility index (Phi) is 5.77. The molecule has 1 aromatic carbocycles. The Bertz CT molecular complexity index is 522. The molecule has 1 heterocycles. The zero-order valence-electron chi connectivity index (χ0n) is 13.4. The van der Waals surface area contributed by atoms with Gasteiger partial charge in [0.1, 0.15) is 23.9 Å². The fraction of sp³-hybridized carbons (Fsp3) is 0.533. The van der Waals surface area contributed by atoms with Crippen molar-refractivity contribution in [3.8, 4) is 17.2 Å². The molecule has 1 aliphatic rings. The fourth-order valence-corrected chi connectivity index (χ4v) is 2.47. The van der Waals surface area contributed by atoms with Gasteiger partial charge in [-0.2, -0.15) is 0 Å². The molecule has 1 amide bonds. The molecule has 6 nitrogen and oxygen atoms in total. The molecule has 1 aliphatic heterocycles. The third-order valence-corrected chi connectivity index (χ3v) is 3.66. The van der Waals surface area contributed by atoms with Crippen LogP contribution in [0.25, 0.3) is 0 Å². The molecule has 1 aromatic rings. The Balaban J connectivity index is 0.00000242. The molecule has 0 aliphatic carbocycles. The van der Waals surface area contributed by atoms with E-state index in [2.05, 4.69) is 5.32 Å². The van der Waals surface area contributed by atoms with Crippen molar-refractivity contribution in [1.82, 2.24) is 5.32 Å². The molecular weight excluding hydrogens is 310 g/mol. The maximum absolute atomic E-state index is 11.6. The van der Waals surface area contributed by atoms with Crippen molar-refractivity contribution in [3.05, 3.63) is 17.7 Å². The van der Waals surface area contributed by atoms with Crippen LogP contribution in [-0.2, 0) is 4.74 Å². The van der Waals surface area contributed by atoms with Gasteiger partial charge in [0.15, 0.2) is 0 Å². The van der Waals surface area contributed by atoms with E-state index in [1.165, 1.54) is 0 Å². The molecule has 0 saturated carbocycles. The summed E-state index contributed by atoms with van der Waals surface area (Å²) in [5.41, 5.74) is 0.478. The van der Waals surface area contributed by atoms with Crippen LogP contribution < -0.4 is 19.5 Å². The van der Waals surface area contributed by atoms with Crippen molar-refractivity contribution in [1.29, 1.82) is 0 Å². The van der Waals surface area contributed by atoms with E-state index in [0.717, 1.165) is 5.56 Å². The summed E-state index contributed by atoms with van der Waals surface area (Å²) in [4.78, 5) is 11.6. The predicted octanol–water partition coefficient (Wildman–Crippen LogP) is 2.94. The molecule has 1 N–H and O–H groups in total. The Morgan fingerprint density at radius 1 is 1.14 bits per heavy atom. The van der Waals surface area contributed by atoms with Gasteiger partial charge in [-0.3, -0.25) is 0 Å². The first-order valence-corrected chi connectivity index (χ1v) is 6.66. The van der Waals surface area contributed by atoms with Crippen molar-refractivity contribution >= 4 is 18.5 Å². The Hall–Kier alpha value is -1.82. The van der Waals surface area contributed by atoms with Crippen LogP contribution in [0.4, 0.5) is 4.79 Å². The first-order chi connectivity index (χ1) is 9.92. The molecule has 0 aromatic heterocycles. The molecule has 124 valence electrons. The van der Waals surface area contributed by atoms with Gasteiger partial charge in [0.05, 0.1) is 32.9 Å². The van der Waals surface area contributed by atoms with E-state index in [4.69, 9.17) is 18.9 Å². The first-order valence-electron chi connectivity index (χ1n) is 6.66. The summed E-state index contributed by atoms with van der Waals surface area (Å²) in [7, 11) is 4.73. The summed E-state index contributed by atoms with van der Waals surface area (Å²) in [5, 5.41) is 2.85. The lowest BCUT2D eigenvalue weighted by Crippen LogP contribution is -2.47. The number of ether oxygens (including phenoxy) is 4. The SMILES string of the molecule is COc1cc(OC)c([C@H]2NC(=O)OCC2(C)C)c(OC)c1.Cl. The van der Waals surface area contributed by atoms with Crippen molar-refractivity contribution in [3.63, 3.8) is 0 Å². The van der Waals surface area contributed by atoms with Gasteiger partial charge in [-0.25, -0.2) is 4.79 Å². The number of amides is 1. The van der Waals surface area contributed by atoms with Crippen LogP contribution in [0, 0.1) is 5.41 Å². The lowest BCUT2D eigenvalue weighted by atomic mass is 9.79. The number of nitrogens with one attached hydrogen (secondary N) is 1. The van der Waals surface area contributed by atoms with E-state index in [9.17, 15) is 4.79 Å². The number of rotatable bonds is 4. The highest BCUT2D eigenvalue weighted by Gasteiger charge is 2.41. The number of methoxy groups -OCH3 is 3. The first kappa shape index (κ1) is 18.2. The number of carbonyl (C=O) groups is 1. The predicted molar refractivity (Wildman–Crippen MR) is 84.4 cm³/mol. The highest BCUT2D eigenvalue weighted by Crippen LogP contribution is 2.46. The summed E-state index contributed by atoms with van der Waals surface area (Å²) in [6.45, 7) is 4.35. The number of cyclic esters (lactones) is 1. The van der Waals surface area contributed by atoms with Crippen LogP contribution in [0.5, 0.6) is 17.2 Å². The van der Waals surface area contributed by atoms with E-state index in [0.29, 0.717) is 23.9 Å². The number of halogens is 1. The monoisotopic (exact) mass is 331 g/mol. The molecule has 0 spiro atoms. The van der Waals surface area contributed by atoms with Gasteiger partial charge in [-0.15, -0.1) is 12.4 Å². The number of alkyl carbamates (subject to hydrolysis) is 1. The molecular formula is C15H22ClNO5. The normalized spacial score (nSPS) is 19.3. The number of hydrogen-bond acceptors (Lipinski definition) is 5. The molecule has 0 unspecified atom stereocenters. The molecule has 7 heteroatoms. The average molecular weight is 332 g/mol. The summed E-state index contributed by atoms with van der Waals surface area (Å²) in [5.74, 6) is 1.83. The third-order valence-electron chi connectivity index (χ3n) is 3.66. The molecule has 22 heavy (non-hydrogen) atoms. The second-order valence-electron chi connectivity index (χ2n) is 5.59. The third kappa shape index (κ3) is 3.32. The van der Waals surface area contributed by atoms with Gasteiger partial charge >= 0.3 is 6.09 Å². The largest absolute Gasteiger partial charge is 0.496 e. The smallest absolute Gasteiger partial charge is 0.407 e. The second kappa shape index (κ2) is 6.96. The summed E-state index contributed by atoms with van der Waals surface area (Å²) < 4.78 is 21.2. The Morgan fingerprint density at radius 3 is 2.14 bits per heavy atom. The number of benzene rings is 1. The van der Waals surface area contributed by atoms with Crippen LogP contribution in [0.3, 0.4) is 0 Å². The van der Waals surface area contributed by atoms with Crippen LogP contribution in [0.1, 0.15) is 25.5 Å². The Labute approximate surface area is 136 Å². The lowest BCUT2D eigenvalue weighted by molar-refractivity contribution is 0.0374. The van der Waals surface area contributed by atoms with Crippen molar-refractivity contribution < 1.29 is 23.7 Å². The van der Waals surface area contributed by atoms with Crippen molar-refractivity contribution in [2.24, 2.45) is 5.41 Å². The van der Waals surface area contributed by atoms with Crippen LogP contribution in [0.15, 0.2) is 12.1 Å². The lowest BCUT2D eigenvalue weighted by Gasteiger charge is -2.39. The van der Waals surface area contributed by atoms with Gasteiger partial charge in [0.2, 0.25) is 0 Å². The van der Waals surface area contributed by atoms with E-state index < -0.39 is 6.09 Å². The maximum atomic E-state index is 11.6. The van der Waals surface area contributed by atoms with Crippen molar-refractivity contribution in [2.45, 2.75) is 19.9 Å². The van der Waals surface area contributed by atoms with Gasteiger partial charge in [0.25, 0.3) is 0 Å². The fourth-order valence-electron chi connectivity index (χ4n) is 2.47.